The smallest absolute Gasteiger partial charge is 0.162 e. The van der Waals surface area contributed by atoms with Crippen molar-refractivity contribution in [3.8, 4) is 5.75 Å². The summed E-state index contributed by atoms with van der Waals surface area (Å²) in [6.45, 7) is 3.38. The number of hydrogen-bond acceptors (Lipinski definition) is 7. The Balaban J connectivity index is 1.53. The molecule has 0 bridgehead atoms. The van der Waals surface area contributed by atoms with Gasteiger partial charge >= 0.3 is 0 Å². The molecule has 1 N–H and O–H groups in total. The first-order valence-electron chi connectivity index (χ1n) is 9.89. The third-order valence-corrected chi connectivity index (χ3v) is 6.03. The molecule has 0 spiro atoms. The Morgan fingerprint density at radius 3 is 2.60 bits per heavy atom. The minimum atomic E-state index is 0.684. The molecule has 0 aliphatic carbocycles. The van der Waals surface area contributed by atoms with Gasteiger partial charge in [0.25, 0.3) is 0 Å². The summed E-state index contributed by atoms with van der Waals surface area (Å²) < 4.78 is 10.8. The fourth-order valence-corrected chi connectivity index (χ4v) is 4.21. The molecule has 0 unspecified atom stereocenters. The molecule has 3 aromatic rings. The van der Waals surface area contributed by atoms with E-state index in [0.29, 0.717) is 5.84 Å². The van der Waals surface area contributed by atoms with Crippen LogP contribution in [0.3, 0.4) is 0 Å². The highest BCUT2D eigenvalue weighted by atomic mass is 32.1. The van der Waals surface area contributed by atoms with Gasteiger partial charge in [0, 0.05) is 30.4 Å². The van der Waals surface area contributed by atoms with Crippen molar-refractivity contribution in [2.45, 2.75) is 0 Å². The van der Waals surface area contributed by atoms with Crippen LogP contribution in [0.5, 0.6) is 5.75 Å². The number of amidine groups is 2. The van der Waals surface area contributed by atoms with E-state index in [9.17, 15) is 0 Å². The lowest BCUT2D eigenvalue weighted by molar-refractivity contribution is 0.122. The van der Waals surface area contributed by atoms with E-state index < -0.39 is 0 Å². The minimum Gasteiger partial charge on any atom is -0.497 e. The zero-order valence-corrected chi connectivity index (χ0v) is 17.5. The number of hydrogen-bond donors (Lipinski definition) is 1. The van der Waals surface area contributed by atoms with Gasteiger partial charge in [-0.1, -0.05) is 6.07 Å². The molecule has 0 amide bonds. The van der Waals surface area contributed by atoms with E-state index in [2.05, 4.69) is 40.5 Å². The molecule has 2 aromatic carbocycles. The Kier molecular flexibility index (Phi) is 5.21. The van der Waals surface area contributed by atoms with Gasteiger partial charge in [0.15, 0.2) is 5.84 Å². The number of anilines is 2. The largest absolute Gasteiger partial charge is 0.497 e. The highest BCUT2D eigenvalue weighted by Gasteiger charge is 2.17. The van der Waals surface area contributed by atoms with Crippen molar-refractivity contribution in [1.82, 2.24) is 0 Å². The molecule has 2 aliphatic rings. The Morgan fingerprint density at radius 1 is 1.03 bits per heavy atom. The molecular formula is C23H22N4O2S. The average Bonchev–Trinajstić information content (AvgIpc) is 3.27. The predicted molar refractivity (Wildman–Crippen MR) is 123 cm³/mol. The van der Waals surface area contributed by atoms with Crippen LogP contribution in [0.25, 0.3) is 0 Å². The lowest BCUT2D eigenvalue weighted by Gasteiger charge is -2.28. The first kappa shape index (κ1) is 18.8. The van der Waals surface area contributed by atoms with Crippen LogP contribution in [0.4, 0.5) is 17.1 Å². The molecule has 1 fully saturated rings. The fraction of sp³-hybridized carbons (Fsp3) is 0.217. The predicted octanol–water partition coefficient (Wildman–Crippen LogP) is 4.54. The molecule has 1 aromatic heterocycles. The third-order valence-electron chi connectivity index (χ3n) is 5.16. The summed E-state index contributed by atoms with van der Waals surface area (Å²) in [4.78, 5) is 13.2. The van der Waals surface area contributed by atoms with E-state index in [4.69, 9.17) is 19.5 Å². The van der Waals surface area contributed by atoms with E-state index in [1.807, 2.05) is 29.6 Å². The van der Waals surface area contributed by atoms with Crippen molar-refractivity contribution < 1.29 is 9.47 Å². The zero-order chi connectivity index (χ0) is 20.3. The fourth-order valence-electron chi connectivity index (χ4n) is 3.54. The monoisotopic (exact) mass is 418 g/mol. The quantitative estimate of drug-likeness (QED) is 0.676. The minimum absolute atomic E-state index is 0.684. The van der Waals surface area contributed by atoms with Crippen molar-refractivity contribution in [2.24, 2.45) is 9.98 Å². The van der Waals surface area contributed by atoms with Crippen LogP contribution in [0.2, 0.25) is 0 Å². The number of nitrogens with one attached hydrogen (secondary N) is 1. The molecule has 2 aliphatic heterocycles. The SMILES string of the molecule is COc1ccc2c(c1)NC(c1cccs1)=NC(c1ccc(N3CCOCC3)cc1)=N2. The van der Waals surface area contributed by atoms with Gasteiger partial charge in [-0.25, -0.2) is 9.98 Å². The molecule has 30 heavy (non-hydrogen) atoms. The Morgan fingerprint density at radius 2 is 1.87 bits per heavy atom. The summed E-state index contributed by atoms with van der Waals surface area (Å²) in [7, 11) is 1.66. The number of methoxy groups -OCH3 is 1. The molecule has 3 heterocycles. The van der Waals surface area contributed by atoms with E-state index >= 15 is 0 Å². The van der Waals surface area contributed by atoms with E-state index in [1.54, 1.807) is 18.4 Å². The van der Waals surface area contributed by atoms with Crippen molar-refractivity contribution >= 4 is 40.1 Å². The molecule has 7 heteroatoms. The number of nitrogens with zero attached hydrogens (tertiary/aromatic N) is 3. The summed E-state index contributed by atoms with van der Waals surface area (Å²) in [5.74, 6) is 2.25. The molecule has 152 valence electrons. The van der Waals surface area contributed by atoms with Crippen LogP contribution >= 0.6 is 11.3 Å². The van der Waals surface area contributed by atoms with Crippen LogP contribution in [0.1, 0.15) is 10.4 Å². The Bertz CT molecular complexity index is 1080. The van der Waals surface area contributed by atoms with Crippen LogP contribution in [-0.2, 0) is 4.74 Å². The Labute approximate surface area is 179 Å². The summed E-state index contributed by atoms with van der Waals surface area (Å²) in [5.41, 5.74) is 3.88. The lowest BCUT2D eigenvalue weighted by Crippen LogP contribution is -2.36. The van der Waals surface area contributed by atoms with Gasteiger partial charge in [0.05, 0.1) is 36.6 Å². The van der Waals surface area contributed by atoms with E-state index in [-0.39, 0.29) is 0 Å². The number of rotatable bonds is 4. The van der Waals surface area contributed by atoms with Crippen molar-refractivity contribution in [1.29, 1.82) is 0 Å². The summed E-state index contributed by atoms with van der Waals surface area (Å²) in [6, 6.07) is 18.4. The van der Waals surface area contributed by atoms with Crippen LogP contribution in [0, 0.1) is 0 Å². The molecule has 0 radical (unpaired) electrons. The second-order valence-electron chi connectivity index (χ2n) is 7.03. The van der Waals surface area contributed by atoms with Gasteiger partial charge in [-0.05, 0) is 47.8 Å². The summed E-state index contributed by atoms with van der Waals surface area (Å²) >= 11 is 1.64. The van der Waals surface area contributed by atoms with Crippen LogP contribution < -0.4 is 15.0 Å². The van der Waals surface area contributed by atoms with Crippen molar-refractivity contribution in [3.63, 3.8) is 0 Å². The number of benzene rings is 2. The molecule has 0 atom stereocenters. The van der Waals surface area contributed by atoms with Gasteiger partial charge < -0.3 is 19.7 Å². The van der Waals surface area contributed by atoms with Crippen molar-refractivity contribution in [2.75, 3.05) is 43.6 Å². The van der Waals surface area contributed by atoms with Gasteiger partial charge in [-0.3, -0.25) is 0 Å². The van der Waals surface area contributed by atoms with E-state index in [0.717, 1.165) is 59.7 Å². The molecule has 6 nitrogen and oxygen atoms in total. The molecular weight excluding hydrogens is 396 g/mol. The topological polar surface area (TPSA) is 58.5 Å². The number of aliphatic imine (C=N–C) groups is 2. The van der Waals surface area contributed by atoms with Gasteiger partial charge in [-0.2, -0.15) is 0 Å². The highest BCUT2D eigenvalue weighted by molar-refractivity contribution is 7.12. The number of morpholine rings is 1. The number of ether oxygens (including phenoxy) is 2. The maximum absolute atomic E-state index is 5.46. The lowest BCUT2D eigenvalue weighted by atomic mass is 10.1. The average molecular weight is 419 g/mol. The van der Waals surface area contributed by atoms with Gasteiger partial charge in [0.2, 0.25) is 0 Å². The summed E-state index contributed by atoms with van der Waals surface area (Å²) in [5, 5.41) is 5.49. The number of fused-ring (bicyclic) bond motifs is 1. The maximum Gasteiger partial charge on any atom is 0.162 e. The normalized spacial score (nSPS) is 16.1. The molecule has 1 saturated heterocycles. The van der Waals surface area contributed by atoms with E-state index in [1.165, 1.54) is 5.69 Å². The highest BCUT2D eigenvalue weighted by Crippen LogP contribution is 2.33. The standard InChI is InChI=1S/C23H22N4O2S/c1-28-18-8-9-19-20(15-18)25-23(21-3-2-14-30-21)26-22(24-19)16-4-6-17(7-5-16)27-10-12-29-13-11-27/h2-9,14-15H,10-13H2,1H3,(H,24,25,26). The first-order valence-corrected chi connectivity index (χ1v) is 10.8. The zero-order valence-electron chi connectivity index (χ0n) is 16.7. The maximum atomic E-state index is 5.46. The third kappa shape index (κ3) is 3.81. The second-order valence-corrected chi connectivity index (χ2v) is 7.98. The number of thiophene rings is 1. The first-order chi connectivity index (χ1) is 14.8. The second kappa shape index (κ2) is 8.30. The van der Waals surface area contributed by atoms with Crippen LogP contribution in [-0.4, -0.2) is 45.1 Å². The Hall–Kier alpha value is -3.16. The van der Waals surface area contributed by atoms with Gasteiger partial charge in [-0.15, -0.1) is 11.3 Å². The summed E-state index contributed by atoms with van der Waals surface area (Å²) in [6.07, 6.45) is 0. The van der Waals surface area contributed by atoms with Crippen molar-refractivity contribution in [3.05, 3.63) is 70.4 Å². The molecule has 5 rings (SSSR count). The van der Waals surface area contributed by atoms with Crippen LogP contribution in [0.15, 0.2) is 70.0 Å². The van der Waals surface area contributed by atoms with Gasteiger partial charge in [0.1, 0.15) is 11.6 Å². The molecule has 0 saturated carbocycles.